The SMILES string of the molecule is OCc1ccc(Sc2ccccc2)cc1C(F)(F)F. The molecule has 100 valence electrons. The molecule has 0 aliphatic carbocycles. The molecule has 2 aromatic rings. The lowest BCUT2D eigenvalue weighted by molar-refractivity contribution is -0.138. The molecule has 0 fully saturated rings. The van der Waals surface area contributed by atoms with E-state index in [0.717, 1.165) is 11.0 Å². The number of rotatable bonds is 3. The van der Waals surface area contributed by atoms with Crippen LogP contribution in [0.1, 0.15) is 11.1 Å². The summed E-state index contributed by atoms with van der Waals surface area (Å²) in [5, 5.41) is 8.96. The molecule has 5 heteroatoms. The predicted molar refractivity (Wildman–Crippen MR) is 67.9 cm³/mol. The van der Waals surface area contributed by atoms with E-state index in [-0.39, 0.29) is 5.56 Å². The molecule has 0 atom stereocenters. The molecule has 0 radical (unpaired) electrons. The van der Waals surface area contributed by atoms with Gasteiger partial charge < -0.3 is 5.11 Å². The molecule has 2 aromatic carbocycles. The van der Waals surface area contributed by atoms with Crippen LogP contribution < -0.4 is 0 Å². The van der Waals surface area contributed by atoms with Crippen molar-refractivity contribution in [2.75, 3.05) is 0 Å². The van der Waals surface area contributed by atoms with Crippen molar-refractivity contribution < 1.29 is 18.3 Å². The van der Waals surface area contributed by atoms with Gasteiger partial charge in [-0.15, -0.1) is 0 Å². The summed E-state index contributed by atoms with van der Waals surface area (Å²) in [4.78, 5) is 1.36. The lowest BCUT2D eigenvalue weighted by Gasteiger charge is -2.13. The Hall–Kier alpha value is -1.46. The number of aliphatic hydroxyl groups is 1. The monoisotopic (exact) mass is 284 g/mol. The van der Waals surface area contributed by atoms with Crippen LogP contribution in [-0.4, -0.2) is 5.11 Å². The third-order valence-corrected chi connectivity index (χ3v) is 3.53. The normalized spacial score (nSPS) is 11.6. The highest BCUT2D eigenvalue weighted by Crippen LogP contribution is 2.36. The van der Waals surface area contributed by atoms with Gasteiger partial charge in [-0.05, 0) is 29.8 Å². The van der Waals surface area contributed by atoms with Gasteiger partial charge in [-0.25, -0.2) is 0 Å². The fourth-order valence-corrected chi connectivity index (χ4v) is 2.52. The first kappa shape index (κ1) is 14.0. The van der Waals surface area contributed by atoms with Gasteiger partial charge in [0.15, 0.2) is 0 Å². The average molecular weight is 284 g/mol. The standard InChI is InChI=1S/C14H11F3OS/c15-14(16,17)13-8-12(7-6-10(13)9-18)19-11-4-2-1-3-5-11/h1-8,18H,9H2. The van der Waals surface area contributed by atoms with Gasteiger partial charge in [0.25, 0.3) is 0 Å². The Balaban J connectivity index is 2.33. The summed E-state index contributed by atoms with van der Waals surface area (Å²) in [5.74, 6) is 0. The first-order valence-electron chi connectivity index (χ1n) is 5.54. The Morgan fingerprint density at radius 2 is 1.63 bits per heavy atom. The summed E-state index contributed by atoms with van der Waals surface area (Å²) < 4.78 is 38.5. The Labute approximate surface area is 113 Å². The average Bonchev–Trinajstić information content (AvgIpc) is 2.39. The lowest BCUT2D eigenvalue weighted by Crippen LogP contribution is -2.09. The molecule has 0 spiro atoms. The molecule has 19 heavy (non-hydrogen) atoms. The topological polar surface area (TPSA) is 20.2 Å². The van der Waals surface area contributed by atoms with Crippen molar-refractivity contribution in [2.45, 2.75) is 22.6 Å². The van der Waals surface area contributed by atoms with E-state index in [1.165, 1.54) is 17.8 Å². The van der Waals surface area contributed by atoms with E-state index in [1.54, 1.807) is 6.07 Å². The first-order valence-corrected chi connectivity index (χ1v) is 6.36. The van der Waals surface area contributed by atoms with Crippen molar-refractivity contribution in [1.82, 2.24) is 0 Å². The zero-order chi connectivity index (χ0) is 13.9. The van der Waals surface area contributed by atoms with E-state index in [1.807, 2.05) is 30.3 Å². The minimum absolute atomic E-state index is 0.107. The van der Waals surface area contributed by atoms with Gasteiger partial charge in [0, 0.05) is 9.79 Å². The summed E-state index contributed by atoms with van der Waals surface area (Å²) in [6.45, 7) is -0.620. The van der Waals surface area contributed by atoms with Gasteiger partial charge >= 0.3 is 6.18 Å². The molecule has 2 rings (SSSR count). The Bertz CT molecular complexity index is 552. The second kappa shape index (κ2) is 5.67. The molecule has 0 unspecified atom stereocenters. The summed E-state index contributed by atoms with van der Waals surface area (Å²) in [6, 6.07) is 13.1. The number of benzene rings is 2. The quantitative estimate of drug-likeness (QED) is 0.904. The molecule has 0 heterocycles. The molecule has 0 amide bonds. The molecular formula is C14H11F3OS. The van der Waals surface area contributed by atoms with Gasteiger partial charge in [-0.2, -0.15) is 13.2 Å². The maximum atomic E-state index is 12.8. The third-order valence-electron chi connectivity index (χ3n) is 2.54. The van der Waals surface area contributed by atoms with Crippen molar-refractivity contribution >= 4 is 11.8 Å². The second-order valence-electron chi connectivity index (χ2n) is 3.89. The Morgan fingerprint density at radius 3 is 2.21 bits per heavy atom. The highest BCUT2D eigenvalue weighted by Gasteiger charge is 2.33. The van der Waals surface area contributed by atoms with Crippen LogP contribution in [0.4, 0.5) is 13.2 Å². The molecule has 0 aromatic heterocycles. The smallest absolute Gasteiger partial charge is 0.392 e. The van der Waals surface area contributed by atoms with Crippen LogP contribution in [0.25, 0.3) is 0 Å². The van der Waals surface area contributed by atoms with Crippen molar-refractivity contribution in [1.29, 1.82) is 0 Å². The van der Waals surface area contributed by atoms with Crippen LogP contribution in [-0.2, 0) is 12.8 Å². The number of halogens is 3. The van der Waals surface area contributed by atoms with Crippen LogP contribution in [0.3, 0.4) is 0 Å². The van der Waals surface area contributed by atoms with Crippen LogP contribution in [0.5, 0.6) is 0 Å². The maximum Gasteiger partial charge on any atom is 0.416 e. The fraction of sp³-hybridized carbons (Fsp3) is 0.143. The minimum atomic E-state index is -4.45. The van der Waals surface area contributed by atoms with E-state index in [9.17, 15) is 13.2 Å². The summed E-state index contributed by atoms with van der Waals surface area (Å²) in [5.41, 5.74) is -0.888. The van der Waals surface area contributed by atoms with Crippen LogP contribution in [0.2, 0.25) is 0 Å². The molecule has 0 aliphatic rings. The highest BCUT2D eigenvalue weighted by atomic mass is 32.2. The number of hydrogen-bond donors (Lipinski definition) is 1. The van der Waals surface area contributed by atoms with Gasteiger partial charge in [0.1, 0.15) is 0 Å². The Kier molecular flexibility index (Phi) is 4.17. The molecule has 0 saturated carbocycles. The molecule has 0 saturated heterocycles. The summed E-state index contributed by atoms with van der Waals surface area (Å²) in [7, 11) is 0. The van der Waals surface area contributed by atoms with Crippen molar-refractivity contribution in [3.63, 3.8) is 0 Å². The van der Waals surface area contributed by atoms with Gasteiger partial charge in [-0.3, -0.25) is 0 Å². The van der Waals surface area contributed by atoms with Crippen LogP contribution in [0, 0.1) is 0 Å². The number of hydrogen-bond acceptors (Lipinski definition) is 2. The molecule has 0 bridgehead atoms. The number of aliphatic hydroxyl groups excluding tert-OH is 1. The second-order valence-corrected chi connectivity index (χ2v) is 5.04. The minimum Gasteiger partial charge on any atom is -0.392 e. The predicted octanol–water partition coefficient (Wildman–Crippen LogP) is 4.35. The third kappa shape index (κ3) is 3.52. The van der Waals surface area contributed by atoms with Gasteiger partial charge in [0.05, 0.1) is 12.2 Å². The fourth-order valence-electron chi connectivity index (χ4n) is 1.65. The van der Waals surface area contributed by atoms with E-state index in [4.69, 9.17) is 5.11 Å². The lowest BCUT2D eigenvalue weighted by atomic mass is 10.1. The highest BCUT2D eigenvalue weighted by molar-refractivity contribution is 7.99. The van der Waals surface area contributed by atoms with E-state index in [2.05, 4.69) is 0 Å². The van der Waals surface area contributed by atoms with Crippen molar-refractivity contribution in [3.8, 4) is 0 Å². The summed E-state index contributed by atoms with van der Waals surface area (Å²) in [6.07, 6.45) is -4.45. The summed E-state index contributed by atoms with van der Waals surface area (Å²) >= 11 is 1.26. The van der Waals surface area contributed by atoms with E-state index < -0.39 is 18.3 Å². The first-order chi connectivity index (χ1) is 9.00. The maximum absolute atomic E-state index is 12.8. The Morgan fingerprint density at radius 1 is 0.947 bits per heavy atom. The number of alkyl halides is 3. The molecule has 1 nitrogen and oxygen atoms in total. The van der Waals surface area contributed by atoms with Crippen LogP contribution >= 0.6 is 11.8 Å². The largest absolute Gasteiger partial charge is 0.416 e. The van der Waals surface area contributed by atoms with E-state index >= 15 is 0 Å². The van der Waals surface area contributed by atoms with Gasteiger partial charge in [-0.1, -0.05) is 36.0 Å². The van der Waals surface area contributed by atoms with E-state index in [0.29, 0.717) is 4.90 Å². The zero-order valence-electron chi connectivity index (χ0n) is 9.82. The molecular weight excluding hydrogens is 273 g/mol. The van der Waals surface area contributed by atoms with Crippen molar-refractivity contribution in [2.24, 2.45) is 0 Å². The van der Waals surface area contributed by atoms with Crippen LogP contribution in [0.15, 0.2) is 58.3 Å². The van der Waals surface area contributed by atoms with Gasteiger partial charge in [0.2, 0.25) is 0 Å². The van der Waals surface area contributed by atoms with Crippen molar-refractivity contribution in [3.05, 3.63) is 59.7 Å². The molecule has 0 aliphatic heterocycles. The molecule has 1 N–H and O–H groups in total. The zero-order valence-corrected chi connectivity index (χ0v) is 10.6.